The summed E-state index contributed by atoms with van der Waals surface area (Å²) in [6, 6.07) is 0. The number of hydrogen-bond donors (Lipinski definition) is 2. The molecule has 0 aromatic rings. The monoisotopic (exact) mass is 697 g/mol. The van der Waals surface area contributed by atoms with Gasteiger partial charge in [-0.3, -0.25) is 0 Å². The lowest BCUT2D eigenvalue weighted by Gasteiger charge is -2.39. The normalized spacial score (nSPS) is 16.8. The Morgan fingerprint density at radius 2 is 1.20 bits per heavy atom. The van der Waals surface area contributed by atoms with Crippen molar-refractivity contribution in [2.24, 2.45) is 0 Å². The van der Waals surface area contributed by atoms with Crippen LogP contribution >= 0.6 is 0 Å². The Hall–Kier alpha value is -0.509. The van der Waals surface area contributed by atoms with E-state index < -0.39 is 43.3 Å². The predicted molar refractivity (Wildman–Crippen MR) is 208 cm³/mol. The summed E-state index contributed by atoms with van der Waals surface area (Å²) in [5.74, 6) is 5.80. The Kier molecular flexibility index (Phi) is 19.4. The van der Waals surface area contributed by atoms with Gasteiger partial charge in [0, 0.05) is 6.61 Å². The maximum absolute atomic E-state index is 11.1. The predicted octanol–water partition coefficient (Wildman–Crippen LogP) is 10.8. The maximum atomic E-state index is 11.1. The van der Waals surface area contributed by atoms with Crippen LogP contribution in [0.4, 0.5) is 0 Å². The zero-order valence-electron chi connectivity index (χ0n) is 33.1. The third-order valence-electron chi connectivity index (χ3n) is 10.4. The van der Waals surface area contributed by atoms with Crippen LogP contribution in [-0.2, 0) is 13.3 Å². The first-order valence-electron chi connectivity index (χ1n) is 18.0. The van der Waals surface area contributed by atoms with Gasteiger partial charge in [-0.15, -0.1) is 0 Å². The molecule has 0 heterocycles. The zero-order chi connectivity index (χ0) is 36.0. The Morgan fingerprint density at radius 1 is 0.652 bits per heavy atom. The standard InChI is InChI=1S/C38H76O5Si3/c1-17-18-19-20-21-22-26-35(43-46(15,16)38(8,9)10)34(40)30-28-32(39)27-29-33(42-45(13,14)37(5,6)7)25-23-24-31-41-44(11,12)36(2,3)4/h21-22,27,29,32-35,39-40H,17-20,23-26,31H2,1-16H3/b22-21-,29-27-/t32?,33-,34?,35+/m0/s1. The number of allylic oxidation sites excluding steroid dienone is 1. The first-order chi connectivity index (χ1) is 20.8. The van der Waals surface area contributed by atoms with E-state index in [9.17, 15) is 10.2 Å². The first kappa shape index (κ1) is 45.5. The number of unbranched alkanes of at least 4 members (excludes halogenated alkanes) is 4. The third-order valence-corrected chi connectivity index (χ3v) is 24.0. The summed E-state index contributed by atoms with van der Waals surface area (Å²) in [5, 5.41) is 22.3. The van der Waals surface area contributed by atoms with E-state index in [-0.39, 0.29) is 21.2 Å². The molecule has 0 saturated heterocycles. The van der Waals surface area contributed by atoms with Crippen molar-refractivity contribution in [2.45, 2.75) is 199 Å². The lowest BCUT2D eigenvalue weighted by atomic mass is 10.1. The third kappa shape index (κ3) is 17.2. The quantitative estimate of drug-likeness (QED) is 0.0609. The minimum absolute atomic E-state index is 0.0154. The van der Waals surface area contributed by atoms with Crippen molar-refractivity contribution in [3.63, 3.8) is 0 Å². The van der Waals surface area contributed by atoms with Gasteiger partial charge in [0.2, 0.25) is 0 Å². The number of hydrogen-bond acceptors (Lipinski definition) is 5. The van der Waals surface area contributed by atoms with E-state index in [0.717, 1.165) is 32.3 Å². The van der Waals surface area contributed by atoms with E-state index in [2.05, 4.69) is 133 Å². The van der Waals surface area contributed by atoms with Crippen LogP contribution in [0.3, 0.4) is 0 Å². The first-order valence-corrected chi connectivity index (χ1v) is 26.7. The van der Waals surface area contributed by atoms with Crippen molar-refractivity contribution in [3.8, 4) is 11.8 Å². The van der Waals surface area contributed by atoms with Gasteiger partial charge in [-0.1, -0.05) is 112 Å². The molecule has 0 fully saturated rings. The van der Waals surface area contributed by atoms with Crippen molar-refractivity contribution in [1.82, 2.24) is 0 Å². The van der Waals surface area contributed by atoms with Gasteiger partial charge in [-0.2, -0.15) is 0 Å². The highest BCUT2D eigenvalue weighted by atomic mass is 28.4. The summed E-state index contributed by atoms with van der Waals surface area (Å²) in [4.78, 5) is 0. The molecule has 0 saturated carbocycles. The fraction of sp³-hybridized carbons (Fsp3) is 0.842. The van der Waals surface area contributed by atoms with Crippen molar-refractivity contribution in [3.05, 3.63) is 24.3 Å². The molecule has 2 unspecified atom stereocenters. The Bertz CT molecular complexity index is 972. The van der Waals surface area contributed by atoms with E-state index in [0.29, 0.717) is 6.42 Å². The minimum atomic E-state index is -2.13. The molecule has 0 aromatic heterocycles. The van der Waals surface area contributed by atoms with Crippen LogP contribution in [0.15, 0.2) is 24.3 Å². The van der Waals surface area contributed by atoms with Gasteiger partial charge in [0.05, 0.1) is 12.2 Å². The molecular formula is C38H76O5Si3. The molecule has 5 nitrogen and oxygen atoms in total. The molecule has 46 heavy (non-hydrogen) atoms. The SMILES string of the molecule is CCCCC/C=C\C[C@@H](O[Si](C)(C)C(C)(C)C)C(O)C#CC(O)/C=C\[C@H](CCCCO[Si](C)(C)C(C)(C)C)O[Si](C)(C)C(C)(C)C. The van der Waals surface area contributed by atoms with Gasteiger partial charge in [-0.05, 0) is 99.0 Å². The second-order valence-electron chi connectivity index (χ2n) is 17.7. The molecule has 0 aromatic carbocycles. The molecule has 0 aliphatic carbocycles. The molecule has 0 aliphatic heterocycles. The van der Waals surface area contributed by atoms with Crippen LogP contribution in [0.1, 0.15) is 121 Å². The lowest BCUT2D eigenvalue weighted by molar-refractivity contribution is 0.0643. The summed E-state index contributed by atoms with van der Waals surface area (Å²) in [6.45, 7) is 36.7. The van der Waals surface area contributed by atoms with Crippen molar-refractivity contribution >= 4 is 25.0 Å². The smallest absolute Gasteiger partial charge is 0.192 e. The largest absolute Gasteiger partial charge is 0.417 e. The molecular weight excluding hydrogens is 621 g/mol. The maximum Gasteiger partial charge on any atom is 0.192 e. The molecule has 0 radical (unpaired) electrons. The number of aliphatic hydroxyl groups excluding tert-OH is 2. The van der Waals surface area contributed by atoms with Crippen LogP contribution in [-0.4, -0.2) is 66.2 Å². The van der Waals surface area contributed by atoms with Crippen LogP contribution < -0.4 is 0 Å². The Labute approximate surface area is 289 Å². The summed E-state index contributed by atoms with van der Waals surface area (Å²) in [7, 11) is -5.92. The minimum Gasteiger partial charge on any atom is -0.417 e. The Balaban J connectivity index is 5.69. The zero-order valence-corrected chi connectivity index (χ0v) is 36.1. The lowest BCUT2D eigenvalue weighted by Crippen LogP contribution is -2.46. The van der Waals surface area contributed by atoms with E-state index in [1.807, 2.05) is 6.08 Å². The van der Waals surface area contributed by atoms with Gasteiger partial charge in [0.1, 0.15) is 12.2 Å². The molecule has 0 bridgehead atoms. The van der Waals surface area contributed by atoms with Crippen LogP contribution in [0.5, 0.6) is 0 Å². The average Bonchev–Trinajstić information content (AvgIpc) is 2.89. The van der Waals surface area contributed by atoms with Crippen LogP contribution in [0.25, 0.3) is 0 Å². The molecule has 8 heteroatoms. The molecule has 270 valence electrons. The highest BCUT2D eigenvalue weighted by Gasteiger charge is 2.41. The topological polar surface area (TPSA) is 68.2 Å². The number of aliphatic hydroxyl groups is 2. The fourth-order valence-corrected chi connectivity index (χ4v) is 7.67. The second-order valence-corrected chi connectivity index (χ2v) is 32.0. The van der Waals surface area contributed by atoms with E-state index in [1.54, 1.807) is 6.08 Å². The Morgan fingerprint density at radius 3 is 1.72 bits per heavy atom. The molecule has 0 amide bonds. The van der Waals surface area contributed by atoms with E-state index in [4.69, 9.17) is 13.3 Å². The molecule has 0 aliphatic rings. The summed E-state index contributed by atoms with van der Waals surface area (Å²) in [6.07, 6.45) is 13.5. The highest BCUT2D eigenvalue weighted by Crippen LogP contribution is 2.39. The van der Waals surface area contributed by atoms with Crippen molar-refractivity contribution < 1.29 is 23.5 Å². The molecule has 4 atom stereocenters. The summed E-state index contributed by atoms with van der Waals surface area (Å²) in [5.41, 5.74) is 0. The van der Waals surface area contributed by atoms with Crippen LogP contribution in [0.2, 0.25) is 54.4 Å². The molecule has 2 N–H and O–H groups in total. The molecule has 0 spiro atoms. The van der Waals surface area contributed by atoms with Gasteiger partial charge in [-0.25, -0.2) is 0 Å². The average molecular weight is 697 g/mol. The number of rotatable bonds is 19. The fourth-order valence-electron chi connectivity index (χ4n) is 3.94. The van der Waals surface area contributed by atoms with Crippen LogP contribution in [0, 0.1) is 11.8 Å². The molecule has 0 rings (SSSR count). The van der Waals surface area contributed by atoms with E-state index >= 15 is 0 Å². The van der Waals surface area contributed by atoms with Gasteiger partial charge in [0.25, 0.3) is 0 Å². The van der Waals surface area contributed by atoms with Gasteiger partial charge < -0.3 is 23.5 Å². The second kappa shape index (κ2) is 19.6. The van der Waals surface area contributed by atoms with Crippen molar-refractivity contribution in [1.29, 1.82) is 0 Å². The van der Waals surface area contributed by atoms with Crippen molar-refractivity contribution in [2.75, 3.05) is 6.61 Å². The summed E-state index contributed by atoms with van der Waals surface area (Å²) >= 11 is 0. The summed E-state index contributed by atoms with van der Waals surface area (Å²) < 4.78 is 19.8. The van der Waals surface area contributed by atoms with Gasteiger partial charge in [0.15, 0.2) is 25.0 Å². The van der Waals surface area contributed by atoms with Gasteiger partial charge >= 0.3 is 0 Å². The van der Waals surface area contributed by atoms with E-state index in [1.165, 1.54) is 19.3 Å². The highest BCUT2D eigenvalue weighted by molar-refractivity contribution is 6.74.